The van der Waals surface area contributed by atoms with E-state index >= 15 is 0 Å². The third-order valence-electron chi connectivity index (χ3n) is 2.18. The predicted octanol–water partition coefficient (Wildman–Crippen LogP) is 3.48. The van der Waals surface area contributed by atoms with Crippen LogP contribution in [-0.2, 0) is 9.53 Å². The summed E-state index contributed by atoms with van der Waals surface area (Å²) in [4.78, 5) is 11.5. The second-order valence-corrected chi connectivity index (χ2v) is 4.45. The quantitative estimate of drug-likeness (QED) is 0.643. The number of nitrogens with one attached hydrogen (secondary N) is 1. The van der Waals surface area contributed by atoms with Crippen molar-refractivity contribution in [2.75, 3.05) is 18.5 Å². The molecule has 0 aliphatic rings. The Labute approximate surface area is 113 Å². The van der Waals surface area contributed by atoms with Crippen molar-refractivity contribution < 1.29 is 18.3 Å². The average molecular weight is 322 g/mol. The molecular formula is C12H14BrF2NO2. The first kappa shape index (κ1) is 15.0. The second kappa shape index (κ2) is 7.43. The fourth-order valence-electron chi connectivity index (χ4n) is 1.31. The number of carbonyl (C=O) groups is 1. The van der Waals surface area contributed by atoms with Gasteiger partial charge >= 0.3 is 0 Å². The number of ether oxygens (including phenoxy) is 1. The summed E-state index contributed by atoms with van der Waals surface area (Å²) in [7, 11) is 0. The van der Waals surface area contributed by atoms with Crippen LogP contribution in [0.3, 0.4) is 0 Å². The lowest BCUT2D eigenvalue weighted by atomic mass is 10.2. The lowest BCUT2D eigenvalue weighted by Crippen LogP contribution is -2.13. The van der Waals surface area contributed by atoms with Gasteiger partial charge in [0, 0.05) is 25.7 Å². The smallest absolute Gasteiger partial charge is 0.224 e. The van der Waals surface area contributed by atoms with Crippen molar-refractivity contribution in [3.05, 3.63) is 28.2 Å². The molecule has 0 aliphatic heterocycles. The Balaban J connectivity index is 2.51. The summed E-state index contributed by atoms with van der Waals surface area (Å²) in [6, 6.07) is 1.92. The van der Waals surface area contributed by atoms with Gasteiger partial charge in [-0.1, -0.05) is 0 Å². The highest BCUT2D eigenvalue weighted by Gasteiger charge is 2.10. The van der Waals surface area contributed by atoms with Crippen LogP contribution in [0, 0.1) is 11.6 Å². The van der Waals surface area contributed by atoms with Gasteiger partial charge in [-0.15, -0.1) is 0 Å². The topological polar surface area (TPSA) is 38.3 Å². The molecule has 1 aromatic carbocycles. The fraction of sp³-hybridized carbons (Fsp3) is 0.417. The monoisotopic (exact) mass is 321 g/mol. The molecule has 6 heteroatoms. The number of hydrogen-bond donors (Lipinski definition) is 1. The van der Waals surface area contributed by atoms with Gasteiger partial charge in [-0.05, 0) is 35.3 Å². The predicted molar refractivity (Wildman–Crippen MR) is 68.4 cm³/mol. The van der Waals surface area contributed by atoms with E-state index in [1.807, 2.05) is 6.92 Å². The minimum absolute atomic E-state index is 0.0225. The van der Waals surface area contributed by atoms with Crippen molar-refractivity contribution in [3.8, 4) is 0 Å². The second-order valence-electron chi connectivity index (χ2n) is 3.59. The zero-order chi connectivity index (χ0) is 13.5. The lowest BCUT2D eigenvalue weighted by molar-refractivity contribution is -0.116. The summed E-state index contributed by atoms with van der Waals surface area (Å²) in [5.41, 5.74) is -0.155. The van der Waals surface area contributed by atoms with Crippen LogP contribution in [0.15, 0.2) is 16.6 Å². The summed E-state index contributed by atoms with van der Waals surface area (Å²) in [6.07, 6.45) is 0.747. The summed E-state index contributed by atoms with van der Waals surface area (Å²) < 4.78 is 31.7. The van der Waals surface area contributed by atoms with Gasteiger partial charge < -0.3 is 10.1 Å². The van der Waals surface area contributed by atoms with Gasteiger partial charge in [0.1, 0.15) is 11.6 Å². The van der Waals surface area contributed by atoms with Gasteiger partial charge in [0.05, 0.1) is 10.2 Å². The Morgan fingerprint density at radius 1 is 1.39 bits per heavy atom. The van der Waals surface area contributed by atoms with Crippen molar-refractivity contribution >= 4 is 27.5 Å². The Kier molecular flexibility index (Phi) is 6.21. The molecule has 1 aromatic rings. The number of halogens is 3. The molecule has 0 saturated carbocycles. The molecule has 0 heterocycles. The normalized spacial score (nSPS) is 10.4. The van der Waals surface area contributed by atoms with Crippen molar-refractivity contribution in [3.63, 3.8) is 0 Å². The maximum Gasteiger partial charge on any atom is 0.224 e. The Bertz CT molecular complexity index is 427. The maximum atomic E-state index is 13.4. The summed E-state index contributed by atoms with van der Waals surface area (Å²) in [5, 5.41) is 2.32. The van der Waals surface area contributed by atoms with Crippen molar-refractivity contribution in [2.24, 2.45) is 0 Å². The van der Waals surface area contributed by atoms with Crippen LogP contribution in [0.5, 0.6) is 0 Å². The van der Waals surface area contributed by atoms with E-state index in [9.17, 15) is 13.6 Å². The zero-order valence-electron chi connectivity index (χ0n) is 9.93. The van der Waals surface area contributed by atoms with E-state index < -0.39 is 11.6 Å². The minimum Gasteiger partial charge on any atom is -0.382 e. The molecule has 0 spiro atoms. The lowest BCUT2D eigenvalue weighted by Gasteiger charge is -2.07. The molecule has 0 saturated heterocycles. The van der Waals surface area contributed by atoms with Crippen LogP contribution in [0.2, 0.25) is 0 Å². The molecule has 1 amide bonds. The largest absolute Gasteiger partial charge is 0.382 e. The van der Waals surface area contributed by atoms with Crippen LogP contribution < -0.4 is 5.32 Å². The molecular weight excluding hydrogens is 308 g/mol. The third-order valence-corrected chi connectivity index (χ3v) is 2.79. The summed E-state index contributed by atoms with van der Waals surface area (Å²) in [6.45, 7) is 2.93. The van der Waals surface area contributed by atoms with Crippen molar-refractivity contribution in [1.82, 2.24) is 0 Å². The minimum atomic E-state index is -0.679. The Morgan fingerprint density at radius 3 is 2.78 bits per heavy atom. The average Bonchev–Trinajstić information content (AvgIpc) is 2.32. The number of amides is 1. The molecule has 0 aliphatic carbocycles. The van der Waals surface area contributed by atoms with Crippen LogP contribution >= 0.6 is 15.9 Å². The first-order valence-electron chi connectivity index (χ1n) is 5.56. The molecule has 0 radical (unpaired) electrons. The van der Waals surface area contributed by atoms with Gasteiger partial charge in [-0.3, -0.25) is 4.79 Å². The number of rotatable bonds is 6. The van der Waals surface area contributed by atoms with Crippen molar-refractivity contribution in [2.45, 2.75) is 19.8 Å². The van der Waals surface area contributed by atoms with Crippen LogP contribution in [0.4, 0.5) is 14.5 Å². The number of anilines is 1. The van der Waals surface area contributed by atoms with Crippen LogP contribution in [-0.4, -0.2) is 19.1 Å². The highest BCUT2D eigenvalue weighted by Crippen LogP contribution is 2.23. The summed E-state index contributed by atoms with van der Waals surface area (Å²) >= 11 is 2.86. The van der Waals surface area contributed by atoms with E-state index in [4.69, 9.17) is 4.74 Å². The number of carbonyl (C=O) groups excluding carboxylic acids is 1. The molecule has 100 valence electrons. The first-order valence-corrected chi connectivity index (χ1v) is 6.36. The van der Waals surface area contributed by atoms with E-state index in [1.165, 1.54) is 0 Å². The Hall–Kier alpha value is -1.01. The van der Waals surface area contributed by atoms with E-state index in [0.29, 0.717) is 19.6 Å². The molecule has 3 nitrogen and oxygen atoms in total. The molecule has 0 bridgehead atoms. The third kappa shape index (κ3) is 4.70. The van der Waals surface area contributed by atoms with Gasteiger partial charge in [-0.25, -0.2) is 8.78 Å². The van der Waals surface area contributed by atoms with Crippen LogP contribution in [0.25, 0.3) is 0 Å². The molecule has 0 atom stereocenters. The molecule has 18 heavy (non-hydrogen) atoms. The van der Waals surface area contributed by atoms with Crippen molar-refractivity contribution in [1.29, 1.82) is 0 Å². The van der Waals surface area contributed by atoms with Gasteiger partial charge in [0.2, 0.25) is 5.91 Å². The number of hydrogen-bond acceptors (Lipinski definition) is 2. The summed E-state index contributed by atoms with van der Waals surface area (Å²) in [5.74, 6) is -1.67. The van der Waals surface area contributed by atoms with Gasteiger partial charge in [0.25, 0.3) is 0 Å². The molecule has 0 fully saturated rings. The van der Waals surface area contributed by atoms with E-state index in [1.54, 1.807) is 0 Å². The zero-order valence-corrected chi connectivity index (χ0v) is 11.5. The highest BCUT2D eigenvalue weighted by molar-refractivity contribution is 9.10. The van der Waals surface area contributed by atoms with Crippen LogP contribution in [0.1, 0.15) is 19.8 Å². The Morgan fingerprint density at radius 2 is 2.11 bits per heavy atom. The van der Waals surface area contributed by atoms with E-state index in [-0.39, 0.29) is 22.5 Å². The first-order chi connectivity index (χ1) is 8.54. The van der Waals surface area contributed by atoms with Gasteiger partial charge in [-0.2, -0.15) is 0 Å². The molecule has 1 N–H and O–H groups in total. The highest BCUT2D eigenvalue weighted by atomic mass is 79.9. The van der Waals surface area contributed by atoms with Gasteiger partial charge in [0.15, 0.2) is 0 Å². The SMILES string of the molecule is CCOCCCC(=O)Nc1cc(F)c(Br)cc1F. The van der Waals surface area contributed by atoms with E-state index in [0.717, 1.165) is 12.1 Å². The molecule has 0 aromatic heterocycles. The standard InChI is InChI=1S/C12H14BrF2NO2/c1-2-18-5-3-4-12(17)16-11-7-9(14)8(13)6-10(11)15/h6-7H,2-5H2,1H3,(H,16,17). The fourth-order valence-corrected chi connectivity index (χ4v) is 1.63. The molecule has 0 unspecified atom stereocenters. The molecule has 1 rings (SSSR count). The maximum absolute atomic E-state index is 13.4. The number of benzene rings is 1. The van der Waals surface area contributed by atoms with E-state index in [2.05, 4.69) is 21.2 Å².